The molecule has 2 aromatic rings. The minimum atomic E-state index is 0.188. The first-order valence-electron chi connectivity index (χ1n) is 5.63. The Bertz CT molecular complexity index is 491. The van der Waals surface area contributed by atoms with Gasteiger partial charge in [0.15, 0.2) is 0 Å². The highest BCUT2D eigenvalue weighted by atomic mass is 16.4. The largest absolute Gasteiger partial charge is 0.421 e. The average molecular weight is 230 g/mol. The van der Waals surface area contributed by atoms with Gasteiger partial charge in [-0.2, -0.15) is 0 Å². The first-order valence-corrected chi connectivity index (χ1v) is 5.63. The van der Waals surface area contributed by atoms with E-state index in [4.69, 9.17) is 4.42 Å². The van der Waals surface area contributed by atoms with E-state index in [0.717, 1.165) is 12.0 Å². The molecule has 0 aliphatic rings. The Balaban J connectivity index is 1.99. The summed E-state index contributed by atoms with van der Waals surface area (Å²) in [5.41, 5.74) is 0.915. The van der Waals surface area contributed by atoms with Crippen molar-refractivity contribution in [1.29, 1.82) is 0 Å². The number of aryl methyl sites for hydroxylation is 1. The van der Waals surface area contributed by atoms with Crippen molar-refractivity contribution in [3.05, 3.63) is 36.2 Å². The third-order valence-corrected chi connectivity index (χ3v) is 2.41. The molecule has 0 N–H and O–H groups in total. The Hall–Kier alpha value is -1.97. The summed E-state index contributed by atoms with van der Waals surface area (Å²) in [5.74, 6) is 1.31. The van der Waals surface area contributed by atoms with Crippen LogP contribution in [0.2, 0.25) is 0 Å². The number of ketones is 1. The molecule has 4 heteroatoms. The van der Waals surface area contributed by atoms with Crippen LogP contribution >= 0.6 is 0 Å². The molecule has 88 valence electrons. The van der Waals surface area contributed by atoms with Crippen LogP contribution in [0.25, 0.3) is 11.5 Å². The van der Waals surface area contributed by atoms with Gasteiger partial charge in [0.25, 0.3) is 0 Å². The fourth-order valence-corrected chi connectivity index (χ4v) is 1.54. The van der Waals surface area contributed by atoms with E-state index >= 15 is 0 Å². The summed E-state index contributed by atoms with van der Waals surface area (Å²) in [7, 11) is 0. The van der Waals surface area contributed by atoms with Crippen molar-refractivity contribution < 1.29 is 9.21 Å². The first-order chi connectivity index (χ1) is 8.25. The number of nitrogens with zero attached hydrogens (tertiary/aromatic N) is 2. The molecule has 0 unspecified atom stereocenters. The van der Waals surface area contributed by atoms with E-state index in [1.54, 1.807) is 6.92 Å². The topological polar surface area (TPSA) is 56.0 Å². The Labute approximate surface area is 99.7 Å². The molecule has 0 bridgehead atoms. The lowest BCUT2D eigenvalue weighted by molar-refractivity contribution is -0.117. The van der Waals surface area contributed by atoms with E-state index in [0.29, 0.717) is 24.6 Å². The minimum Gasteiger partial charge on any atom is -0.421 e. The molecule has 0 amide bonds. The smallest absolute Gasteiger partial charge is 0.247 e. The van der Waals surface area contributed by atoms with Gasteiger partial charge in [-0.05, 0) is 25.5 Å². The van der Waals surface area contributed by atoms with Crippen molar-refractivity contribution in [3.63, 3.8) is 0 Å². The predicted octanol–water partition coefficient (Wildman–Crippen LogP) is 2.65. The zero-order valence-corrected chi connectivity index (χ0v) is 9.72. The minimum absolute atomic E-state index is 0.188. The van der Waals surface area contributed by atoms with Crippen LogP contribution in [0.5, 0.6) is 0 Å². The lowest BCUT2D eigenvalue weighted by Gasteiger charge is -1.93. The van der Waals surface area contributed by atoms with Gasteiger partial charge in [-0.3, -0.25) is 0 Å². The third kappa shape index (κ3) is 3.24. The van der Waals surface area contributed by atoms with Crippen LogP contribution in [0.3, 0.4) is 0 Å². The summed E-state index contributed by atoms with van der Waals surface area (Å²) < 4.78 is 5.52. The normalized spacial score (nSPS) is 10.4. The Kier molecular flexibility index (Phi) is 3.65. The summed E-state index contributed by atoms with van der Waals surface area (Å²) in [6.07, 6.45) is 1.97. The van der Waals surface area contributed by atoms with Crippen LogP contribution in [0.4, 0.5) is 0 Å². The van der Waals surface area contributed by atoms with Gasteiger partial charge in [0.2, 0.25) is 11.8 Å². The van der Waals surface area contributed by atoms with Gasteiger partial charge >= 0.3 is 0 Å². The predicted molar refractivity (Wildman–Crippen MR) is 63.4 cm³/mol. The SMILES string of the molecule is CC(=O)CCCc1nnc(-c2ccccc2)o1. The molecule has 1 aromatic carbocycles. The molecule has 0 saturated heterocycles. The summed E-state index contributed by atoms with van der Waals surface area (Å²) in [5, 5.41) is 7.94. The molecule has 0 radical (unpaired) electrons. The number of aromatic nitrogens is 2. The quantitative estimate of drug-likeness (QED) is 0.792. The summed E-state index contributed by atoms with van der Waals surface area (Å²) >= 11 is 0. The molecular weight excluding hydrogens is 216 g/mol. The van der Waals surface area contributed by atoms with Crippen LogP contribution in [0, 0.1) is 0 Å². The number of carbonyl (C=O) groups is 1. The van der Waals surface area contributed by atoms with Gasteiger partial charge in [0.1, 0.15) is 5.78 Å². The molecule has 1 aromatic heterocycles. The van der Waals surface area contributed by atoms with Gasteiger partial charge < -0.3 is 9.21 Å². The van der Waals surface area contributed by atoms with E-state index in [-0.39, 0.29) is 5.78 Å². The van der Waals surface area contributed by atoms with Crippen molar-refractivity contribution in [2.24, 2.45) is 0 Å². The molecule has 0 saturated carbocycles. The Morgan fingerprint density at radius 3 is 2.71 bits per heavy atom. The van der Waals surface area contributed by atoms with Gasteiger partial charge in [0.05, 0.1) is 0 Å². The second-order valence-electron chi connectivity index (χ2n) is 3.92. The van der Waals surface area contributed by atoms with Crippen LogP contribution in [-0.2, 0) is 11.2 Å². The maximum atomic E-state index is 10.8. The lowest BCUT2D eigenvalue weighted by Crippen LogP contribution is -1.92. The van der Waals surface area contributed by atoms with Crippen LogP contribution < -0.4 is 0 Å². The highest BCUT2D eigenvalue weighted by molar-refractivity contribution is 5.75. The third-order valence-electron chi connectivity index (χ3n) is 2.41. The molecule has 2 rings (SSSR count). The zero-order valence-electron chi connectivity index (χ0n) is 9.72. The second-order valence-corrected chi connectivity index (χ2v) is 3.92. The Morgan fingerprint density at radius 1 is 1.24 bits per heavy atom. The molecule has 0 atom stereocenters. The van der Waals surface area contributed by atoms with Gasteiger partial charge in [-0.1, -0.05) is 18.2 Å². The van der Waals surface area contributed by atoms with Crippen molar-refractivity contribution in [3.8, 4) is 11.5 Å². The monoisotopic (exact) mass is 230 g/mol. The highest BCUT2D eigenvalue weighted by Gasteiger charge is 2.07. The van der Waals surface area contributed by atoms with E-state index < -0.39 is 0 Å². The zero-order chi connectivity index (χ0) is 12.1. The standard InChI is InChI=1S/C13H14N2O2/c1-10(16)6-5-9-12-14-15-13(17-12)11-7-3-2-4-8-11/h2-4,7-8H,5-6,9H2,1H3. The molecule has 0 spiro atoms. The van der Waals surface area contributed by atoms with Gasteiger partial charge in [-0.15, -0.1) is 10.2 Å². The van der Waals surface area contributed by atoms with Crippen molar-refractivity contribution >= 4 is 5.78 Å². The lowest BCUT2D eigenvalue weighted by atomic mass is 10.2. The Morgan fingerprint density at radius 2 is 2.00 bits per heavy atom. The van der Waals surface area contributed by atoms with E-state index in [1.807, 2.05) is 30.3 Å². The van der Waals surface area contributed by atoms with Crippen molar-refractivity contribution in [2.45, 2.75) is 26.2 Å². The van der Waals surface area contributed by atoms with Crippen molar-refractivity contribution in [1.82, 2.24) is 10.2 Å². The van der Waals surface area contributed by atoms with Crippen LogP contribution in [0.1, 0.15) is 25.7 Å². The number of rotatable bonds is 5. The fraction of sp³-hybridized carbons (Fsp3) is 0.308. The highest BCUT2D eigenvalue weighted by Crippen LogP contribution is 2.17. The number of benzene rings is 1. The molecule has 4 nitrogen and oxygen atoms in total. The maximum absolute atomic E-state index is 10.8. The molecule has 0 aliphatic carbocycles. The molecule has 1 heterocycles. The molecule has 0 aliphatic heterocycles. The number of hydrogen-bond acceptors (Lipinski definition) is 4. The van der Waals surface area contributed by atoms with Crippen LogP contribution in [0.15, 0.2) is 34.7 Å². The van der Waals surface area contributed by atoms with Crippen molar-refractivity contribution in [2.75, 3.05) is 0 Å². The maximum Gasteiger partial charge on any atom is 0.247 e. The van der Waals surface area contributed by atoms with Crippen LogP contribution in [-0.4, -0.2) is 16.0 Å². The summed E-state index contributed by atoms with van der Waals surface area (Å²) in [6, 6.07) is 9.64. The van der Waals surface area contributed by atoms with Gasteiger partial charge in [0, 0.05) is 18.4 Å². The molecule has 0 fully saturated rings. The molecular formula is C13H14N2O2. The number of hydrogen-bond donors (Lipinski definition) is 0. The van der Waals surface area contributed by atoms with Gasteiger partial charge in [-0.25, -0.2) is 0 Å². The summed E-state index contributed by atoms with van der Waals surface area (Å²) in [6.45, 7) is 1.59. The van der Waals surface area contributed by atoms with E-state index in [2.05, 4.69) is 10.2 Å². The second kappa shape index (κ2) is 5.39. The summed E-state index contributed by atoms with van der Waals surface area (Å²) in [4.78, 5) is 10.8. The number of Topliss-reactive ketones (excluding diaryl/α,β-unsaturated/α-hetero) is 1. The van der Waals surface area contributed by atoms with E-state index in [1.165, 1.54) is 0 Å². The first kappa shape index (κ1) is 11.5. The molecule has 17 heavy (non-hydrogen) atoms. The van der Waals surface area contributed by atoms with E-state index in [9.17, 15) is 4.79 Å². The average Bonchev–Trinajstić information content (AvgIpc) is 2.78. The number of carbonyl (C=O) groups excluding carboxylic acids is 1. The fourth-order valence-electron chi connectivity index (χ4n) is 1.54.